The molecule has 0 N–H and O–H groups in total. The van der Waals surface area contributed by atoms with Gasteiger partial charge in [-0.25, -0.2) is 0 Å². The summed E-state index contributed by atoms with van der Waals surface area (Å²) in [5.41, 5.74) is 0. The predicted octanol–water partition coefficient (Wildman–Crippen LogP) is 1.29. The highest BCUT2D eigenvalue weighted by Crippen LogP contribution is 2.23. The van der Waals surface area contributed by atoms with Gasteiger partial charge in [0, 0.05) is 5.37 Å². The Bertz CT molecular complexity index is 174. The van der Waals surface area contributed by atoms with Crippen LogP contribution in [0.4, 0.5) is 0 Å². The Morgan fingerprint density at radius 3 is 2.36 bits per heavy atom. The van der Waals surface area contributed by atoms with Crippen molar-refractivity contribution in [1.29, 1.82) is 0 Å². The van der Waals surface area contributed by atoms with E-state index in [0.717, 1.165) is 5.92 Å². The third-order valence-corrected chi connectivity index (χ3v) is 1.98. The zero-order valence-corrected chi connectivity index (χ0v) is 7.52. The minimum atomic E-state index is 0.0952. The molecule has 0 aromatic heterocycles. The van der Waals surface area contributed by atoms with Crippen LogP contribution >= 0.6 is 10.5 Å². The first-order chi connectivity index (χ1) is 5.20. The van der Waals surface area contributed by atoms with Crippen molar-refractivity contribution >= 4 is 21.6 Å². The Hall–Kier alpha value is -0.110. The monoisotopic (exact) mass is 167 g/mol. The van der Waals surface area contributed by atoms with Crippen LogP contribution in [0.2, 0.25) is 0 Å². The Kier molecular flexibility index (Phi) is 3.31. The highest BCUT2D eigenvalue weighted by atomic mass is 32.2. The molecule has 0 saturated heterocycles. The third-order valence-electron chi connectivity index (χ3n) is 1.29. The number of carbonyl (C=O) groups is 1. The second-order valence-electron chi connectivity index (χ2n) is 2.54. The summed E-state index contributed by atoms with van der Waals surface area (Å²) in [5, 5.41) is 1.76. The molecule has 0 heterocycles. The minimum absolute atomic E-state index is 0.0952. The zero-order valence-electron chi connectivity index (χ0n) is 6.70. The van der Waals surface area contributed by atoms with Gasteiger partial charge in [0.25, 0.3) is 0 Å². The van der Waals surface area contributed by atoms with Gasteiger partial charge in [-0.05, 0) is 38.2 Å². The van der Waals surface area contributed by atoms with Gasteiger partial charge in [0.05, 0.1) is 5.92 Å². The molecule has 0 bridgehead atoms. The highest BCUT2D eigenvalue weighted by molar-refractivity contribution is 8.14. The van der Waals surface area contributed by atoms with E-state index in [-0.39, 0.29) is 16.3 Å². The number of hydrogen-bond acceptors (Lipinski definition) is 1. The lowest BCUT2D eigenvalue weighted by molar-refractivity contribution is -0.110. The first-order valence-electron chi connectivity index (χ1n) is 3.37. The topological polar surface area (TPSA) is 17.1 Å². The van der Waals surface area contributed by atoms with Crippen LogP contribution in [0.3, 0.4) is 0 Å². The second-order valence-corrected chi connectivity index (χ2v) is 4.53. The molecule has 0 atom stereocenters. The van der Waals surface area contributed by atoms with E-state index in [0.29, 0.717) is 0 Å². The van der Waals surface area contributed by atoms with Crippen molar-refractivity contribution in [2.45, 2.75) is 0 Å². The normalized spacial score (nSPS) is 19.2. The maximum absolute atomic E-state index is 11.3. The first-order valence-corrected chi connectivity index (χ1v) is 5.48. The number of carbonyl (C=O) groups excluding carboxylic acids is 1. The summed E-state index contributed by atoms with van der Waals surface area (Å²) in [7, 11) is 0.0952. The van der Waals surface area contributed by atoms with Crippen molar-refractivity contribution in [3.05, 3.63) is 31.6 Å². The maximum Gasteiger partial charge on any atom is 0.168 e. The Balaban J connectivity index is 2.47. The van der Waals surface area contributed by atoms with Gasteiger partial charge in [-0.3, -0.25) is 4.79 Å². The van der Waals surface area contributed by atoms with E-state index >= 15 is 0 Å². The average molecular weight is 167 g/mol. The molecule has 5 radical (unpaired) electrons. The molecule has 0 amide bonds. The summed E-state index contributed by atoms with van der Waals surface area (Å²) in [5.74, 6) is 0.939. The van der Waals surface area contributed by atoms with E-state index in [1.54, 1.807) is 5.37 Å². The van der Waals surface area contributed by atoms with Crippen molar-refractivity contribution in [2.75, 3.05) is 12.5 Å². The molecule has 2 heteroatoms. The summed E-state index contributed by atoms with van der Waals surface area (Å²) in [6.07, 6.45) is 11.5. The van der Waals surface area contributed by atoms with Gasteiger partial charge in [0.1, 0.15) is 0 Å². The third kappa shape index (κ3) is 2.78. The van der Waals surface area contributed by atoms with Gasteiger partial charge in [-0.2, -0.15) is 10.5 Å². The molecule has 1 rings (SSSR count). The Labute approximate surface area is 71.1 Å². The highest BCUT2D eigenvalue weighted by Gasteiger charge is 2.22. The fourth-order valence-corrected chi connectivity index (χ4v) is 1.38. The summed E-state index contributed by atoms with van der Waals surface area (Å²) >= 11 is 0. The molecular formula is C9H11OS. The van der Waals surface area contributed by atoms with E-state index in [1.165, 1.54) is 0 Å². The molecule has 1 saturated carbocycles. The van der Waals surface area contributed by atoms with Crippen LogP contribution in [0, 0.1) is 31.6 Å². The maximum atomic E-state index is 11.3. The molecule has 59 valence electrons. The molecule has 1 aliphatic rings. The van der Waals surface area contributed by atoms with E-state index in [2.05, 4.69) is 0 Å². The number of Topliss-reactive ketones (excluding diaryl/α,β-unsaturated/α-hetero) is 1. The minimum Gasteiger partial charge on any atom is -0.294 e. The second kappa shape index (κ2) is 4.05. The molecule has 11 heavy (non-hydrogen) atoms. The molecule has 0 aromatic rings. The predicted molar refractivity (Wildman–Crippen MR) is 51.0 cm³/mol. The lowest BCUT2D eigenvalue weighted by Gasteiger charge is -2.01. The van der Waals surface area contributed by atoms with Crippen molar-refractivity contribution < 1.29 is 4.79 Å². The lowest BCUT2D eigenvalue weighted by atomic mass is 10.0. The van der Waals surface area contributed by atoms with Crippen molar-refractivity contribution in [1.82, 2.24) is 0 Å². The van der Waals surface area contributed by atoms with E-state index in [1.807, 2.05) is 38.2 Å². The first kappa shape index (κ1) is 8.98. The summed E-state index contributed by atoms with van der Waals surface area (Å²) in [6, 6.07) is 0. The molecule has 0 aliphatic heterocycles. The van der Waals surface area contributed by atoms with Gasteiger partial charge in [0.15, 0.2) is 5.78 Å². The van der Waals surface area contributed by atoms with Crippen LogP contribution in [-0.2, 0) is 4.79 Å². The van der Waals surface area contributed by atoms with Crippen molar-refractivity contribution in [3.63, 3.8) is 0 Å². The Morgan fingerprint density at radius 2 is 1.91 bits per heavy atom. The summed E-state index contributed by atoms with van der Waals surface area (Å²) in [4.78, 5) is 11.3. The molecule has 1 fully saturated rings. The quantitative estimate of drug-likeness (QED) is 0.566. The molecule has 1 nitrogen and oxygen atoms in total. The van der Waals surface area contributed by atoms with Crippen LogP contribution in [0.1, 0.15) is 0 Å². The molecule has 1 aliphatic carbocycles. The fourth-order valence-electron chi connectivity index (χ4n) is 0.820. The molecule has 0 unspecified atom stereocenters. The lowest BCUT2D eigenvalue weighted by Crippen LogP contribution is -2.10. The summed E-state index contributed by atoms with van der Waals surface area (Å²) < 4.78 is 0. The SMILES string of the molecule is CS(C)=CC(=O)[C]1[CH][CH][CH][CH]1. The Morgan fingerprint density at radius 1 is 1.36 bits per heavy atom. The van der Waals surface area contributed by atoms with Crippen molar-refractivity contribution in [2.24, 2.45) is 0 Å². The zero-order chi connectivity index (χ0) is 8.27. The van der Waals surface area contributed by atoms with Crippen LogP contribution in [0.25, 0.3) is 0 Å². The summed E-state index contributed by atoms with van der Waals surface area (Å²) in [6.45, 7) is 0. The molecular weight excluding hydrogens is 156 g/mol. The van der Waals surface area contributed by atoms with Gasteiger partial charge >= 0.3 is 0 Å². The van der Waals surface area contributed by atoms with Gasteiger partial charge in [-0.15, -0.1) is 0 Å². The molecule has 0 spiro atoms. The van der Waals surface area contributed by atoms with Crippen LogP contribution in [0.15, 0.2) is 0 Å². The van der Waals surface area contributed by atoms with Crippen LogP contribution in [0.5, 0.6) is 0 Å². The van der Waals surface area contributed by atoms with E-state index in [4.69, 9.17) is 0 Å². The van der Waals surface area contributed by atoms with E-state index in [9.17, 15) is 4.79 Å². The number of rotatable bonds is 2. The van der Waals surface area contributed by atoms with Gasteiger partial charge in [-0.1, -0.05) is 0 Å². The smallest absolute Gasteiger partial charge is 0.168 e. The van der Waals surface area contributed by atoms with Crippen molar-refractivity contribution in [3.8, 4) is 0 Å². The standard InChI is InChI=1S/C9H11OS/c1-11(2)7-9(10)8-5-3-4-6-8/h3-7H,1-2H3. The van der Waals surface area contributed by atoms with Gasteiger partial charge < -0.3 is 0 Å². The van der Waals surface area contributed by atoms with Crippen LogP contribution < -0.4 is 0 Å². The largest absolute Gasteiger partial charge is 0.294 e. The average Bonchev–Trinajstić information content (AvgIpc) is 2.35. The number of ketones is 1. The fraction of sp³-hybridized carbons (Fsp3) is 0.222. The van der Waals surface area contributed by atoms with Crippen LogP contribution in [-0.4, -0.2) is 23.7 Å². The van der Waals surface area contributed by atoms with E-state index < -0.39 is 0 Å². The number of hydrogen-bond donors (Lipinski definition) is 0. The molecule has 0 aromatic carbocycles. The van der Waals surface area contributed by atoms with Gasteiger partial charge in [0.2, 0.25) is 0 Å².